The molecule has 0 amide bonds. The van der Waals surface area contributed by atoms with Crippen LogP contribution in [-0.4, -0.2) is 44.9 Å². The van der Waals surface area contributed by atoms with E-state index < -0.39 is 18.4 Å². The zero-order valence-corrected chi connectivity index (χ0v) is 18.8. The molecule has 0 saturated carbocycles. The van der Waals surface area contributed by atoms with Gasteiger partial charge in [0.15, 0.2) is 0 Å². The van der Waals surface area contributed by atoms with Gasteiger partial charge < -0.3 is 18.3 Å². The number of ether oxygens (including phenoxy) is 2. The van der Waals surface area contributed by atoms with E-state index in [-0.39, 0.29) is 15.7 Å². The normalized spacial score (nSPS) is 13.2. The maximum absolute atomic E-state index is 12.7. The highest BCUT2D eigenvalue weighted by Crippen LogP contribution is 2.25. The molecule has 0 radical (unpaired) electrons. The standard InChI is InChI=1S/C20H28O6SSi/c1-16(15-28(5,24-3)25-4)14-26-18-8-12-20(13-9-18)27(21,22)19-10-6-17(23-2)7-11-19/h6-13,16H,14-15H2,1-5H3. The third kappa shape index (κ3) is 5.57. The Balaban J connectivity index is 2.02. The molecule has 8 heteroatoms. The molecule has 0 N–H and O–H groups in total. The number of benzene rings is 2. The van der Waals surface area contributed by atoms with Crippen molar-refractivity contribution in [2.75, 3.05) is 27.9 Å². The smallest absolute Gasteiger partial charge is 0.334 e. The van der Waals surface area contributed by atoms with Crippen molar-refractivity contribution in [2.24, 2.45) is 5.92 Å². The maximum Gasteiger partial charge on any atom is 0.334 e. The Kier molecular flexibility index (Phi) is 7.65. The molecule has 2 aromatic rings. The van der Waals surface area contributed by atoms with Gasteiger partial charge in [0.05, 0.1) is 23.5 Å². The van der Waals surface area contributed by atoms with E-state index >= 15 is 0 Å². The van der Waals surface area contributed by atoms with Gasteiger partial charge in [-0.25, -0.2) is 8.42 Å². The van der Waals surface area contributed by atoms with Crippen LogP contribution in [0.2, 0.25) is 12.6 Å². The van der Waals surface area contributed by atoms with Crippen LogP contribution in [0.25, 0.3) is 0 Å². The van der Waals surface area contributed by atoms with Crippen molar-refractivity contribution in [3.63, 3.8) is 0 Å². The summed E-state index contributed by atoms with van der Waals surface area (Å²) in [6, 6.07) is 13.6. The lowest BCUT2D eigenvalue weighted by atomic mass is 10.2. The summed E-state index contributed by atoms with van der Waals surface area (Å²) >= 11 is 0. The minimum absolute atomic E-state index is 0.219. The lowest BCUT2D eigenvalue weighted by Crippen LogP contribution is -2.38. The van der Waals surface area contributed by atoms with Crippen molar-refractivity contribution >= 4 is 18.4 Å². The van der Waals surface area contributed by atoms with E-state index in [9.17, 15) is 8.42 Å². The highest BCUT2D eigenvalue weighted by molar-refractivity contribution is 7.91. The molecule has 0 spiro atoms. The molecule has 1 atom stereocenters. The summed E-state index contributed by atoms with van der Waals surface area (Å²) < 4.78 is 47.3. The maximum atomic E-state index is 12.7. The van der Waals surface area contributed by atoms with E-state index in [2.05, 4.69) is 6.92 Å². The van der Waals surface area contributed by atoms with Gasteiger partial charge in [0.25, 0.3) is 0 Å². The van der Waals surface area contributed by atoms with Crippen molar-refractivity contribution in [3.05, 3.63) is 48.5 Å². The average molecular weight is 425 g/mol. The van der Waals surface area contributed by atoms with Gasteiger partial charge in [-0.1, -0.05) is 6.92 Å². The predicted molar refractivity (Wildman–Crippen MR) is 110 cm³/mol. The SMILES string of the molecule is COc1ccc(S(=O)(=O)c2ccc(OCC(C)C[Si](C)(OC)OC)cc2)cc1. The Labute approximate surface area is 168 Å². The van der Waals surface area contributed by atoms with Crippen LogP contribution >= 0.6 is 0 Å². The Morgan fingerprint density at radius 1 is 0.857 bits per heavy atom. The lowest BCUT2D eigenvalue weighted by molar-refractivity contribution is 0.221. The number of hydrogen-bond acceptors (Lipinski definition) is 6. The topological polar surface area (TPSA) is 71.1 Å². The van der Waals surface area contributed by atoms with Crippen LogP contribution < -0.4 is 9.47 Å². The second kappa shape index (κ2) is 9.55. The van der Waals surface area contributed by atoms with E-state index in [0.717, 1.165) is 6.04 Å². The van der Waals surface area contributed by atoms with Crippen LogP contribution in [0.15, 0.2) is 58.3 Å². The Morgan fingerprint density at radius 2 is 1.32 bits per heavy atom. The third-order valence-electron chi connectivity index (χ3n) is 4.62. The summed E-state index contributed by atoms with van der Waals surface area (Å²) in [5.74, 6) is 1.48. The summed E-state index contributed by atoms with van der Waals surface area (Å²) in [6.45, 7) is 4.59. The monoisotopic (exact) mass is 424 g/mol. The van der Waals surface area contributed by atoms with Gasteiger partial charge >= 0.3 is 8.56 Å². The van der Waals surface area contributed by atoms with Crippen molar-refractivity contribution in [2.45, 2.75) is 29.3 Å². The summed E-state index contributed by atoms with van der Waals surface area (Å²) in [5, 5.41) is 0. The highest BCUT2D eigenvalue weighted by Gasteiger charge is 2.31. The largest absolute Gasteiger partial charge is 0.497 e. The first-order valence-corrected chi connectivity index (χ1v) is 13.0. The molecule has 0 fully saturated rings. The Morgan fingerprint density at radius 3 is 1.75 bits per heavy atom. The average Bonchev–Trinajstić information content (AvgIpc) is 2.72. The summed E-state index contributed by atoms with van der Waals surface area (Å²) in [6.07, 6.45) is 0. The highest BCUT2D eigenvalue weighted by atomic mass is 32.2. The van der Waals surface area contributed by atoms with Gasteiger partial charge in [-0.3, -0.25) is 0 Å². The number of methoxy groups -OCH3 is 1. The number of sulfone groups is 1. The van der Waals surface area contributed by atoms with Crippen LogP contribution in [0.4, 0.5) is 0 Å². The molecule has 0 bridgehead atoms. The molecular weight excluding hydrogens is 396 g/mol. The quantitative estimate of drug-likeness (QED) is 0.539. The zero-order chi connectivity index (χ0) is 20.8. The first-order chi connectivity index (χ1) is 13.2. The molecule has 6 nitrogen and oxygen atoms in total. The molecule has 1 unspecified atom stereocenters. The van der Waals surface area contributed by atoms with Crippen molar-refractivity contribution in [3.8, 4) is 11.5 Å². The van der Waals surface area contributed by atoms with E-state index in [1.807, 2.05) is 6.55 Å². The number of rotatable bonds is 10. The summed E-state index contributed by atoms with van der Waals surface area (Å²) in [5.41, 5.74) is 0. The fourth-order valence-corrected chi connectivity index (χ4v) is 5.93. The van der Waals surface area contributed by atoms with Gasteiger partial charge in [-0.15, -0.1) is 0 Å². The van der Waals surface area contributed by atoms with Gasteiger partial charge in [0, 0.05) is 14.2 Å². The molecular formula is C20H28O6SSi. The second-order valence-corrected chi connectivity index (χ2v) is 12.3. The van der Waals surface area contributed by atoms with E-state index in [4.69, 9.17) is 18.3 Å². The van der Waals surface area contributed by atoms with Gasteiger partial charge in [-0.05, 0) is 67.0 Å². The minimum Gasteiger partial charge on any atom is -0.497 e. The minimum atomic E-state index is -3.58. The fraction of sp³-hybridized carbons (Fsp3) is 0.400. The van der Waals surface area contributed by atoms with Crippen LogP contribution in [0.5, 0.6) is 11.5 Å². The lowest BCUT2D eigenvalue weighted by Gasteiger charge is -2.26. The van der Waals surface area contributed by atoms with Crippen LogP contribution in [-0.2, 0) is 18.7 Å². The predicted octanol–water partition coefficient (Wildman–Crippen LogP) is 3.91. The molecule has 0 aliphatic heterocycles. The summed E-state index contributed by atoms with van der Waals surface area (Å²) in [7, 11) is -0.845. The molecule has 0 aliphatic carbocycles. The summed E-state index contributed by atoms with van der Waals surface area (Å²) in [4.78, 5) is 0.441. The molecule has 154 valence electrons. The molecule has 2 aromatic carbocycles. The Hall–Kier alpha value is -1.87. The molecule has 2 rings (SSSR count). The third-order valence-corrected chi connectivity index (χ3v) is 9.57. The molecule has 0 heterocycles. The molecule has 0 aromatic heterocycles. The van der Waals surface area contributed by atoms with Gasteiger partial charge in [-0.2, -0.15) is 0 Å². The van der Waals surface area contributed by atoms with Crippen LogP contribution in [0, 0.1) is 5.92 Å². The van der Waals surface area contributed by atoms with Crippen molar-refractivity contribution in [1.29, 1.82) is 0 Å². The first-order valence-electron chi connectivity index (χ1n) is 8.96. The molecule has 28 heavy (non-hydrogen) atoms. The van der Waals surface area contributed by atoms with E-state index in [1.165, 1.54) is 19.2 Å². The van der Waals surface area contributed by atoms with E-state index in [1.54, 1.807) is 50.6 Å². The van der Waals surface area contributed by atoms with Crippen molar-refractivity contribution in [1.82, 2.24) is 0 Å². The second-order valence-electron chi connectivity index (χ2n) is 6.81. The fourth-order valence-electron chi connectivity index (χ4n) is 2.79. The first kappa shape index (κ1) is 22.4. The number of hydrogen-bond donors (Lipinski definition) is 0. The van der Waals surface area contributed by atoms with Crippen LogP contribution in [0.3, 0.4) is 0 Å². The van der Waals surface area contributed by atoms with Gasteiger partial charge in [0.1, 0.15) is 11.5 Å². The zero-order valence-electron chi connectivity index (χ0n) is 17.0. The molecule has 0 aliphatic rings. The van der Waals surface area contributed by atoms with E-state index in [0.29, 0.717) is 18.1 Å². The van der Waals surface area contributed by atoms with Crippen LogP contribution in [0.1, 0.15) is 6.92 Å². The Bertz CT molecular complexity index is 845. The molecule has 0 saturated heterocycles. The van der Waals surface area contributed by atoms with Crippen molar-refractivity contribution < 1.29 is 26.7 Å². The van der Waals surface area contributed by atoms with Gasteiger partial charge in [0.2, 0.25) is 9.84 Å².